The molecule has 2 aromatic rings. The molecule has 0 aliphatic carbocycles. The summed E-state index contributed by atoms with van der Waals surface area (Å²) >= 11 is 11.7. The summed E-state index contributed by atoms with van der Waals surface area (Å²) < 4.78 is 5.48. The molecule has 154 valence electrons. The maximum atomic E-state index is 12.1. The number of carbonyl (C=O) groups excluding carboxylic acids is 2. The number of nitrogens with zero attached hydrogens (tertiary/aromatic N) is 1. The highest BCUT2D eigenvalue weighted by Gasteiger charge is 2.30. The van der Waals surface area contributed by atoms with Crippen molar-refractivity contribution < 1.29 is 14.3 Å². The number of aryl methyl sites for hydroxylation is 1. The van der Waals surface area contributed by atoms with Gasteiger partial charge in [0.15, 0.2) is 6.61 Å². The second-order valence-electron chi connectivity index (χ2n) is 7.17. The number of benzene rings is 2. The number of hydrogen-bond acceptors (Lipinski definition) is 3. The van der Waals surface area contributed by atoms with Crippen LogP contribution in [0.2, 0.25) is 10.0 Å². The van der Waals surface area contributed by atoms with Gasteiger partial charge in [0.2, 0.25) is 5.91 Å². The molecule has 0 radical (unpaired) electrons. The Morgan fingerprint density at radius 3 is 2.28 bits per heavy atom. The smallest absolute Gasteiger partial charge is 0.260 e. The topological polar surface area (TPSA) is 58.6 Å². The zero-order chi connectivity index (χ0) is 20.6. The van der Waals surface area contributed by atoms with Gasteiger partial charge in [0.25, 0.3) is 5.91 Å². The van der Waals surface area contributed by atoms with Crippen LogP contribution in [0.4, 0.5) is 0 Å². The predicted octanol–water partition coefficient (Wildman–Crippen LogP) is 3.97. The second kappa shape index (κ2) is 10.5. The monoisotopic (exact) mass is 434 g/mol. The number of rotatable bonds is 9. The number of nitrogens with one attached hydrogen (secondary N) is 1. The standard InChI is InChI=1S/C22H24Cl2N2O3/c23-18-4-1-16(2-5-18)3-10-21(27)25-12-11-17-13-26(14-17)22(28)15-29-20-8-6-19(24)7-9-20/h1-2,4-9,17H,3,10-15H2,(H,25,27). The third-order valence-corrected chi connectivity index (χ3v) is 5.42. The van der Waals surface area contributed by atoms with Crippen LogP contribution in [0.5, 0.6) is 5.75 Å². The van der Waals surface area contributed by atoms with Crippen LogP contribution in [0, 0.1) is 5.92 Å². The van der Waals surface area contributed by atoms with Crippen LogP contribution in [0.1, 0.15) is 18.4 Å². The number of likely N-dealkylation sites (tertiary alicyclic amines) is 1. The quantitative estimate of drug-likeness (QED) is 0.649. The Morgan fingerprint density at radius 1 is 1.00 bits per heavy atom. The lowest BCUT2D eigenvalue weighted by atomic mass is 9.96. The molecule has 1 heterocycles. The minimum atomic E-state index is -0.0248. The first-order valence-corrected chi connectivity index (χ1v) is 10.4. The highest BCUT2D eigenvalue weighted by atomic mass is 35.5. The molecular formula is C22H24Cl2N2O3. The molecule has 0 aromatic heterocycles. The fourth-order valence-electron chi connectivity index (χ4n) is 3.14. The molecule has 29 heavy (non-hydrogen) atoms. The third-order valence-electron chi connectivity index (χ3n) is 4.91. The van der Waals surface area contributed by atoms with Crippen LogP contribution < -0.4 is 10.1 Å². The lowest BCUT2D eigenvalue weighted by molar-refractivity contribution is -0.140. The Labute approximate surface area is 180 Å². The van der Waals surface area contributed by atoms with Gasteiger partial charge >= 0.3 is 0 Å². The summed E-state index contributed by atoms with van der Waals surface area (Å²) in [6.07, 6.45) is 2.02. The second-order valence-corrected chi connectivity index (χ2v) is 8.05. The highest BCUT2D eigenvalue weighted by Crippen LogP contribution is 2.20. The lowest BCUT2D eigenvalue weighted by Gasteiger charge is -2.39. The molecule has 1 N–H and O–H groups in total. The first kappa shape index (κ1) is 21.5. The van der Waals surface area contributed by atoms with Crippen LogP contribution in [-0.4, -0.2) is 43.0 Å². The van der Waals surface area contributed by atoms with Gasteiger partial charge in [-0.2, -0.15) is 0 Å². The Balaban J connectivity index is 1.25. The van der Waals surface area contributed by atoms with Crippen LogP contribution >= 0.6 is 23.2 Å². The van der Waals surface area contributed by atoms with Gasteiger partial charge in [-0.1, -0.05) is 35.3 Å². The number of amides is 2. The van der Waals surface area contributed by atoms with Crippen LogP contribution in [0.3, 0.4) is 0 Å². The van der Waals surface area contributed by atoms with Gasteiger partial charge in [-0.25, -0.2) is 0 Å². The summed E-state index contributed by atoms with van der Waals surface area (Å²) in [4.78, 5) is 25.9. The molecular weight excluding hydrogens is 411 g/mol. The number of hydrogen-bond donors (Lipinski definition) is 1. The first-order chi connectivity index (χ1) is 14.0. The van der Waals surface area contributed by atoms with E-state index in [-0.39, 0.29) is 18.4 Å². The van der Waals surface area contributed by atoms with E-state index in [0.717, 1.165) is 12.0 Å². The first-order valence-electron chi connectivity index (χ1n) is 9.67. The van der Waals surface area contributed by atoms with Crippen LogP contribution in [0.25, 0.3) is 0 Å². The predicted molar refractivity (Wildman–Crippen MR) is 114 cm³/mol. The van der Waals surface area contributed by atoms with Crippen molar-refractivity contribution in [2.45, 2.75) is 19.3 Å². The van der Waals surface area contributed by atoms with Crippen molar-refractivity contribution in [1.82, 2.24) is 10.2 Å². The van der Waals surface area contributed by atoms with Gasteiger partial charge < -0.3 is 15.0 Å². The molecule has 7 heteroatoms. The van der Waals surface area contributed by atoms with Gasteiger partial charge in [-0.15, -0.1) is 0 Å². The third kappa shape index (κ3) is 6.94. The lowest BCUT2D eigenvalue weighted by Crippen LogP contribution is -2.52. The molecule has 5 nitrogen and oxygen atoms in total. The molecule has 0 unspecified atom stereocenters. The number of halogens is 2. The molecule has 1 fully saturated rings. The van der Waals surface area contributed by atoms with Crippen molar-refractivity contribution in [3.05, 3.63) is 64.1 Å². The van der Waals surface area contributed by atoms with E-state index >= 15 is 0 Å². The average molecular weight is 435 g/mol. The number of ether oxygens (including phenoxy) is 1. The van der Waals surface area contributed by atoms with Crippen LogP contribution in [0.15, 0.2) is 48.5 Å². The molecule has 0 atom stereocenters. The minimum absolute atomic E-state index is 0.0236. The normalized spacial score (nSPS) is 13.7. The summed E-state index contributed by atoms with van der Waals surface area (Å²) in [5.41, 5.74) is 1.10. The van der Waals surface area contributed by atoms with E-state index in [1.54, 1.807) is 29.2 Å². The zero-order valence-electron chi connectivity index (χ0n) is 16.1. The summed E-state index contributed by atoms with van der Waals surface area (Å²) in [7, 11) is 0. The molecule has 2 aromatic carbocycles. The van der Waals surface area contributed by atoms with Crippen molar-refractivity contribution in [3.63, 3.8) is 0 Å². The summed E-state index contributed by atoms with van der Waals surface area (Å²) in [5.74, 6) is 1.07. The SMILES string of the molecule is O=C(CCc1ccc(Cl)cc1)NCCC1CN(C(=O)COc2ccc(Cl)cc2)C1. The number of carbonyl (C=O) groups is 2. The Bertz CT molecular complexity index is 819. The summed E-state index contributed by atoms with van der Waals surface area (Å²) in [6, 6.07) is 14.5. The van der Waals surface area contributed by atoms with E-state index in [2.05, 4.69) is 5.32 Å². The van der Waals surface area contributed by atoms with Crippen molar-refractivity contribution in [2.75, 3.05) is 26.2 Å². The van der Waals surface area contributed by atoms with E-state index < -0.39 is 0 Å². The summed E-state index contributed by atoms with van der Waals surface area (Å²) in [6.45, 7) is 2.08. The fraction of sp³-hybridized carbons (Fsp3) is 0.364. The van der Waals surface area contributed by atoms with E-state index in [9.17, 15) is 9.59 Å². The van der Waals surface area contributed by atoms with Gasteiger partial charge in [-0.05, 0) is 60.7 Å². The van der Waals surface area contributed by atoms with Gasteiger partial charge in [-0.3, -0.25) is 9.59 Å². The molecule has 1 saturated heterocycles. The van der Waals surface area contributed by atoms with Crippen LogP contribution in [-0.2, 0) is 16.0 Å². The maximum Gasteiger partial charge on any atom is 0.260 e. The van der Waals surface area contributed by atoms with E-state index in [4.69, 9.17) is 27.9 Å². The maximum absolute atomic E-state index is 12.1. The molecule has 1 aliphatic heterocycles. The highest BCUT2D eigenvalue weighted by molar-refractivity contribution is 6.30. The summed E-state index contributed by atoms with van der Waals surface area (Å²) in [5, 5.41) is 4.28. The van der Waals surface area contributed by atoms with E-state index in [1.807, 2.05) is 24.3 Å². The van der Waals surface area contributed by atoms with E-state index in [1.165, 1.54) is 0 Å². The fourth-order valence-corrected chi connectivity index (χ4v) is 3.39. The van der Waals surface area contributed by atoms with E-state index in [0.29, 0.717) is 54.2 Å². The van der Waals surface area contributed by atoms with Gasteiger partial charge in [0.1, 0.15) is 5.75 Å². The molecule has 2 amide bonds. The van der Waals surface area contributed by atoms with Gasteiger partial charge in [0.05, 0.1) is 0 Å². The Morgan fingerprint density at radius 2 is 1.62 bits per heavy atom. The van der Waals surface area contributed by atoms with Crippen molar-refractivity contribution in [2.24, 2.45) is 5.92 Å². The molecule has 1 aliphatic rings. The average Bonchev–Trinajstić information content (AvgIpc) is 2.68. The molecule has 0 spiro atoms. The minimum Gasteiger partial charge on any atom is -0.484 e. The molecule has 3 rings (SSSR count). The van der Waals surface area contributed by atoms with Crippen molar-refractivity contribution in [3.8, 4) is 5.75 Å². The van der Waals surface area contributed by atoms with Gasteiger partial charge in [0, 0.05) is 36.1 Å². The molecule has 0 saturated carbocycles. The Kier molecular flexibility index (Phi) is 7.78. The largest absolute Gasteiger partial charge is 0.484 e. The Hall–Kier alpha value is -2.24. The van der Waals surface area contributed by atoms with Crippen molar-refractivity contribution >= 4 is 35.0 Å². The zero-order valence-corrected chi connectivity index (χ0v) is 17.6. The van der Waals surface area contributed by atoms with Crippen molar-refractivity contribution in [1.29, 1.82) is 0 Å². The molecule has 0 bridgehead atoms.